The molecule has 0 spiro atoms. The Labute approximate surface area is 123 Å². The minimum Gasteiger partial charge on any atom is -0.346 e. The van der Waals surface area contributed by atoms with Crippen LogP contribution in [0.5, 0.6) is 0 Å². The lowest BCUT2D eigenvalue weighted by atomic mass is 10.2. The molecular weight excluding hydrogens is 281 g/mol. The zero-order valence-corrected chi connectivity index (χ0v) is 12.7. The first-order chi connectivity index (χ1) is 9.81. The first kappa shape index (κ1) is 17.7. The molecule has 0 radical (unpaired) electrons. The monoisotopic (exact) mass is 304 g/mol. The van der Waals surface area contributed by atoms with Crippen molar-refractivity contribution >= 4 is 5.82 Å². The van der Waals surface area contributed by atoms with Crippen LogP contribution in [0.3, 0.4) is 0 Å². The van der Waals surface area contributed by atoms with E-state index in [-0.39, 0.29) is 5.82 Å². The first-order valence-corrected chi connectivity index (χ1v) is 7.17. The third kappa shape index (κ3) is 7.27. The van der Waals surface area contributed by atoms with Gasteiger partial charge < -0.3 is 10.2 Å². The molecule has 1 aromatic heterocycles. The Morgan fingerprint density at radius 2 is 1.95 bits per heavy atom. The van der Waals surface area contributed by atoms with Crippen LogP contribution < -0.4 is 10.2 Å². The predicted molar refractivity (Wildman–Crippen MR) is 77.1 cm³/mol. The molecule has 0 aliphatic heterocycles. The fourth-order valence-corrected chi connectivity index (χ4v) is 1.87. The summed E-state index contributed by atoms with van der Waals surface area (Å²) in [4.78, 5) is 1.21. The highest BCUT2D eigenvalue weighted by Crippen LogP contribution is 2.20. The lowest BCUT2D eigenvalue weighted by Gasteiger charge is -2.23. The van der Waals surface area contributed by atoms with Crippen molar-refractivity contribution in [1.29, 1.82) is 0 Å². The molecule has 7 heteroatoms. The highest BCUT2D eigenvalue weighted by Gasteiger charge is 2.31. The van der Waals surface area contributed by atoms with Crippen molar-refractivity contribution in [2.45, 2.75) is 39.9 Å². The third-order valence-electron chi connectivity index (χ3n) is 2.75. The molecule has 0 bridgehead atoms. The summed E-state index contributed by atoms with van der Waals surface area (Å²) in [6.07, 6.45) is -3.62. The van der Waals surface area contributed by atoms with Crippen LogP contribution in [0.15, 0.2) is 12.1 Å². The molecule has 0 aromatic carbocycles. The second-order valence-electron chi connectivity index (χ2n) is 5.44. The molecule has 1 heterocycles. The Morgan fingerprint density at radius 1 is 1.24 bits per heavy atom. The number of nitrogens with one attached hydrogen (secondary N) is 1. The summed E-state index contributed by atoms with van der Waals surface area (Å²) in [5.74, 6) is 0.797. The number of halogens is 3. The lowest BCUT2D eigenvalue weighted by molar-refractivity contribution is -0.119. The van der Waals surface area contributed by atoms with E-state index in [2.05, 4.69) is 29.4 Å². The number of hydrogen-bond donors (Lipinski definition) is 1. The van der Waals surface area contributed by atoms with Crippen molar-refractivity contribution in [3.05, 3.63) is 17.8 Å². The number of nitrogens with zero attached hydrogens (tertiary/aromatic N) is 3. The van der Waals surface area contributed by atoms with E-state index in [1.807, 2.05) is 6.92 Å². The van der Waals surface area contributed by atoms with Gasteiger partial charge >= 0.3 is 6.18 Å². The summed E-state index contributed by atoms with van der Waals surface area (Å²) in [5, 5.41) is 11.1. The summed E-state index contributed by atoms with van der Waals surface area (Å²) >= 11 is 0. The predicted octanol–water partition coefficient (Wildman–Crippen LogP) is 3.00. The summed E-state index contributed by atoms with van der Waals surface area (Å²) < 4.78 is 37.6. The molecule has 4 nitrogen and oxygen atoms in total. The van der Waals surface area contributed by atoms with E-state index in [0.29, 0.717) is 25.4 Å². The second-order valence-corrected chi connectivity index (χ2v) is 5.44. The van der Waals surface area contributed by atoms with Gasteiger partial charge in [-0.3, -0.25) is 0 Å². The average molecular weight is 304 g/mol. The molecule has 0 fully saturated rings. The number of hydrogen-bond acceptors (Lipinski definition) is 4. The van der Waals surface area contributed by atoms with Crippen molar-refractivity contribution in [1.82, 2.24) is 15.5 Å². The van der Waals surface area contributed by atoms with E-state index in [0.717, 1.165) is 12.2 Å². The minimum atomic E-state index is -4.24. The highest BCUT2D eigenvalue weighted by molar-refractivity contribution is 5.37. The normalized spacial score (nSPS) is 12.0. The molecule has 0 unspecified atom stereocenters. The van der Waals surface area contributed by atoms with Gasteiger partial charge in [0.15, 0.2) is 5.82 Å². The maximum atomic E-state index is 12.5. The molecule has 0 saturated heterocycles. The topological polar surface area (TPSA) is 41.0 Å². The number of anilines is 1. The van der Waals surface area contributed by atoms with Crippen molar-refractivity contribution in [2.75, 3.05) is 24.5 Å². The van der Waals surface area contributed by atoms with Gasteiger partial charge in [-0.05, 0) is 31.0 Å². The summed E-state index contributed by atoms with van der Waals surface area (Å²) in [6, 6.07) is 3.31. The molecule has 0 amide bonds. The Kier molecular flexibility index (Phi) is 6.87. The molecule has 0 atom stereocenters. The van der Waals surface area contributed by atoms with Gasteiger partial charge in [0.2, 0.25) is 0 Å². The van der Waals surface area contributed by atoms with E-state index in [4.69, 9.17) is 0 Å². The molecule has 1 aromatic rings. The zero-order chi connectivity index (χ0) is 15.9. The smallest absolute Gasteiger partial charge is 0.346 e. The van der Waals surface area contributed by atoms with Crippen LogP contribution in [0.2, 0.25) is 0 Å². The molecule has 0 aliphatic rings. The van der Waals surface area contributed by atoms with Gasteiger partial charge in [-0.1, -0.05) is 20.8 Å². The van der Waals surface area contributed by atoms with Gasteiger partial charge in [0.1, 0.15) is 6.54 Å². The van der Waals surface area contributed by atoms with Crippen molar-refractivity contribution in [2.24, 2.45) is 5.92 Å². The van der Waals surface area contributed by atoms with Gasteiger partial charge in [0.25, 0.3) is 0 Å². The Morgan fingerprint density at radius 3 is 2.43 bits per heavy atom. The molecule has 1 rings (SSSR count). The fourth-order valence-electron chi connectivity index (χ4n) is 1.87. The summed E-state index contributed by atoms with van der Waals surface area (Å²) in [6.45, 7) is 6.77. The van der Waals surface area contributed by atoms with Gasteiger partial charge in [0.05, 0.1) is 5.69 Å². The fraction of sp³-hybridized carbons (Fsp3) is 0.714. The molecule has 0 aliphatic carbocycles. The Bertz CT molecular complexity index is 404. The molecule has 21 heavy (non-hydrogen) atoms. The van der Waals surface area contributed by atoms with Gasteiger partial charge in [-0.15, -0.1) is 5.10 Å². The summed E-state index contributed by atoms with van der Waals surface area (Å²) in [7, 11) is 0. The SMILES string of the molecule is CCCN(CC(F)(F)F)c1ccc(CNCC(C)C)nn1. The van der Waals surface area contributed by atoms with E-state index < -0.39 is 12.7 Å². The first-order valence-electron chi connectivity index (χ1n) is 7.17. The largest absolute Gasteiger partial charge is 0.405 e. The molecular formula is C14H23F3N4. The van der Waals surface area contributed by atoms with E-state index in [1.54, 1.807) is 12.1 Å². The van der Waals surface area contributed by atoms with Crippen LogP contribution in [0.25, 0.3) is 0 Å². The lowest BCUT2D eigenvalue weighted by Crippen LogP contribution is -2.35. The quantitative estimate of drug-likeness (QED) is 0.801. The van der Waals surface area contributed by atoms with Crippen molar-refractivity contribution in [3.63, 3.8) is 0 Å². The van der Waals surface area contributed by atoms with Crippen LogP contribution in [-0.2, 0) is 6.54 Å². The standard InChI is InChI=1S/C14H23F3N4/c1-4-7-21(10-14(15,16)17)13-6-5-12(19-20-13)9-18-8-11(2)3/h5-6,11,18H,4,7-10H2,1-3H3. The van der Waals surface area contributed by atoms with Gasteiger partial charge in [-0.2, -0.15) is 18.3 Å². The van der Waals surface area contributed by atoms with Gasteiger partial charge in [-0.25, -0.2) is 0 Å². The highest BCUT2D eigenvalue weighted by atomic mass is 19.4. The van der Waals surface area contributed by atoms with E-state index in [9.17, 15) is 13.2 Å². The van der Waals surface area contributed by atoms with Crippen LogP contribution in [0.1, 0.15) is 32.9 Å². The maximum Gasteiger partial charge on any atom is 0.405 e. The average Bonchev–Trinajstić information content (AvgIpc) is 2.37. The summed E-state index contributed by atoms with van der Waals surface area (Å²) in [5.41, 5.74) is 0.725. The zero-order valence-electron chi connectivity index (χ0n) is 12.7. The van der Waals surface area contributed by atoms with Crippen LogP contribution in [0, 0.1) is 5.92 Å². The van der Waals surface area contributed by atoms with Crippen molar-refractivity contribution in [3.8, 4) is 0 Å². The van der Waals surface area contributed by atoms with E-state index >= 15 is 0 Å². The van der Waals surface area contributed by atoms with Crippen molar-refractivity contribution < 1.29 is 13.2 Å². The van der Waals surface area contributed by atoms with E-state index in [1.165, 1.54) is 4.90 Å². The van der Waals surface area contributed by atoms with Gasteiger partial charge in [0, 0.05) is 13.1 Å². The third-order valence-corrected chi connectivity index (χ3v) is 2.75. The number of rotatable bonds is 8. The minimum absolute atomic E-state index is 0.266. The number of alkyl halides is 3. The maximum absolute atomic E-state index is 12.5. The van der Waals surface area contributed by atoms with Crippen LogP contribution >= 0.6 is 0 Å². The van der Waals surface area contributed by atoms with Crippen LogP contribution in [-0.4, -0.2) is 36.0 Å². The Hall–Kier alpha value is -1.37. The van der Waals surface area contributed by atoms with Crippen LogP contribution in [0.4, 0.5) is 19.0 Å². The molecule has 0 saturated carbocycles. The number of aromatic nitrogens is 2. The molecule has 120 valence electrons. The molecule has 1 N–H and O–H groups in total. The Balaban J connectivity index is 2.64. The second kappa shape index (κ2) is 8.17.